The number of aliphatic hydroxyl groups is 2. The minimum Gasteiger partial charge on any atom is -0.462 e. The van der Waals surface area contributed by atoms with E-state index in [9.17, 15) is 34.2 Å². The maximum Gasteiger partial charge on any atom is 0.338 e. The summed E-state index contributed by atoms with van der Waals surface area (Å²) in [7, 11) is 0. The Balaban J connectivity index is 1.88. The number of esters is 5. The molecule has 0 radical (unpaired) electrons. The van der Waals surface area contributed by atoms with E-state index in [4.69, 9.17) is 23.7 Å². The fourth-order valence-corrected chi connectivity index (χ4v) is 8.28. The van der Waals surface area contributed by atoms with E-state index in [2.05, 4.69) is 6.58 Å². The van der Waals surface area contributed by atoms with Crippen molar-refractivity contribution >= 4 is 29.8 Å². The van der Waals surface area contributed by atoms with Gasteiger partial charge in [0.1, 0.15) is 24.4 Å². The van der Waals surface area contributed by atoms with Crippen molar-refractivity contribution in [3.8, 4) is 0 Å². The molecule has 0 saturated heterocycles. The van der Waals surface area contributed by atoms with Crippen LogP contribution in [0.1, 0.15) is 86.3 Å². The van der Waals surface area contributed by atoms with E-state index >= 15 is 0 Å². The van der Waals surface area contributed by atoms with E-state index in [-0.39, 0.29) is 12.3 Å². The second-order valence-electron chi connectivity index (χ2n) is 14.2. The molecule has 49 heavy (non-hydrogen) atoms. The monoisotopic (exact) mass is 684 g/mol. The summed E-state index contributed by atoms with van der Waals surface area (Å²) in [4.78, 5) is 63.9. The zero-order chi connectivity index (χ0) is 36.6. The zero-order valence-electron chi connectivity index (χ0n) is 29.4. The van der Waals surface area contributed by atoms with Crippen molar-refractivity contribution in [2.45, 2.75) is 117 Å². The summed E-state index contributed by atoms with van der Waals surface area (Å²) in [6, 6.07) is 8.16. The molecule has 4 rings (SSSR count). The predicted molar refractivity (Wildman–Crippen MR) is 174 cm³/mol. The molecule has 2 saturated carbocycles. The number of hydrogen-bond acceptors (Lipinski definition) is 12. The van der Waals surface area contributed by atoms with E-state index in [1.165, 1.54) is 27.7 Å². The lowest BCUT2D eigenvalue weighted by Gasteiger charge is -2.59. The lowest BCUT2D eigenvalue weighted by molar-refractivity contribution is -0.213. The topological polar surface area (TPSA) is 172 Å². The Kier molecular flexibility index (Phi) is 11.1. The van der Waals surface area contributed by atoms with Gasteiger partial charge in [-0.3, -0.25) is 19.2 Å². The van der Waals surface area contributed by atoms with Crippen molar-refractivity contribution in [3.05, 3.63) is 59.2 Å². The number of benzene rings is 1. The van der Waals surface area contributed by atoms with Crippen LogP contribution in [-0.2, 0) is 47.7 Å². The Bertz CT molecular complexity index is 1510. The van der Waals surface area contributed by atoms with E-state index < -0.39 is 89.3 Å². The average molecular weight is 685 g/mol. The Hall–Kier alpha value is -4.03. The predicted octanol–water partition coefficient (Wildman–Crippen LogP) is 4.07. The molecule has 2 N–H and O–H groups in total. The fourth-order valence-electron chi connectivity index (χ4n) is 8.28. The largest absolute Gasteiger partial charge is 0.462 e. The van der Waals surface area contributed by atoms with E-state index in [0.717, 1.165) is 0 Å². The van der Waals surface area contributed by atoms with Gasteiger partial charge in [0.2, 0.25) is 0 Å². The first-order valence-electron chi connectivity index (χ1n) is 16.5. The Morgan fingerprint density at radius 1 is 0.776 bits per heavy atom. The molecule has 2 fully saturated rings. The van der Waals surface area contributed by atoms with Gasteiger partial charge in [-0.1, -0.05) is 57.7 Å². The summed E-state index contributed by atoms with van der Waals surface area (Å²) < 4.78 is 29.7. The van der Waals surface area contributed by atoms with Gasteiger partial charge in [-0.2, -0.15) is 0 Å². The maximum atomic E-state index is 13.3. The first-order valence-corrected chi connectivity index (χ1v) is 16.5. The summed E-state index contributed by atoms with van der Waals surface area (Å²) in [6.45, 7) is 16.9. The van der Waals surface area contributed by atoms with E-state index in [1.807, 2.05) is 13.8 Å². The number of carbonyl (C=O) groups excluding carboxylic acids is 5. The van der Waals surface area contributed by atoms with Gasteiger partial charge in [0, 0.05) is 34.1 Å². The van der Waals surface area contributed by atoms with Gasteiger partial charge in [-0.15, -0.1) is 0 Å². The second-order valence-corrected chi connectivity index (χ2v) is 14.2. The summed E-state index contributed by atoms with van der Waals surface area (Å²) in [5.41, 5.74) is 0.0229. The quantitative estimate of drug-likeness (QED) is 0.229. The highest BCUT2D eigenvalue weighted by molar-refractivity contribution is 5.76. The third-order valence-corrected chi connectivity index (χ3v) is 10.7. The highest BCUT2D eigenvalue weighted by Gasteiger charge is 2.64. The van der Waals surface area contributed by atoms with Gasteiger partial charge in [-0.05, 0) is 59.3 Å². The highest BCUT2D eigenvalue weighted by atomic mass is 16.6. The molecular formula is C37H48O12. The number of aliphatic hydroxyl groups excluding tert-OH is 2. The number of rotatable bonds is 8. The van der Waals surface area contributed by atoms with Crippen molar-refractivity contribution < 1.29 is 57.9 Å². The third kappa shape index (κ3) is 7.45. The second kappa shape index (κ2) is 14.4. The Morgan fingerprint density at radius 2 is 1.35 bits per heavy atom. The molecule has 1 aromatic rings. The molecule has 3 aliphatic carbocycles. The van der Waals surface area contributed by atoms with Crippen molar-refractivity contribution in [3.63, 3.8) is 0 Å². The third-order valence-electron chi connectivity index (χ3n) is 10.7. The smallest absolute Gasteiger partial charge is 0.338 e. The van der Waals surface area contributed by atoms with Crippen LogP contribution in [0.4, 0.5) is 0 Å². The summed E-state index contributed by atoms with van der Waals surface area (Å²) in [5, 5.41) is 21.5. The first kappa shape index (κ1) is 37.8. The lowest BCUT2D eigenvalue weighted by Crippen LogP contribution is -2.64. The molecule has 3 aliphatic rings. The molecule has 12 heteroatoms. The van der Waals surface area contributed by atoms with Crippen LogP contribution in [0.2, 0.25) is 0 Å². The summed E-state index contributed by atoms with van der Waals surface area (Å²) in [5.74, 6) is -4.52. The van der Waals surface area contributed by atoms with Gasteiger partial charge >= 0.3 is 29.8 Å². The molecule has 0 heterocycles. The van der Waals surface area contributed by atoms with Crippen LogP contribution < -0.4 is 0 Å². The molecule has 12 nitrogen and oxygen atoms in total. The molecular weight excluding hydrogens is 636 g/mol. The lowest BCUT2D eigenvalue weighted by atomic mass is 9.49. The van der Waals surface area contributed by atoms with Crippen LogP contribution in [0.3, 0.4) is 0 Å². The molecule has 0 spiro atoms. The van der Waals surface area contributed by atoms with Crippen molar-refractivity contribution in [2.24, 2.45) is 22.7 Å². The molecule has 2 bridgehead atoms. The zero-order valence-corrected chi connectivity index (χ0v) is 29.4. The fraction of sp³-hybridized carbons (Fsp3) is 0.595. The van der Waals surface area contributed by atoms with Gasteiger partial charge in [0.15, 0.2) is 18.3 Å². The van der Waals surface area contributed by atoms with E-state index in [0.29, 0.717) is 35.1 Å². The van der Waals surface area contributed by atoms with Crippen molar-refractivity contribution in [1.82, 2.24) is 0 Å². The van der Waals surface area contributed by atoms with Crippen molar-refractivity contribution in [1.29, 1.82) is 0 Å². The SMILES string of the molecule is C=C1[C@@H](OC(=O)[C@@H](O)[C@H](O)c2ccccc2)C[C@H](OC(C)=O)[C@]2(C)[C@@H]1C[C@@H]1C[C@H](OC(C)=O)C(C)=C([C@@H](OC(C)=O)[C@@H]2OC(C)=O)C1(C)C. The molecule has 1 aromatic carbocycles. The maximum absolute atomic E-state index is 13.3. The number of carbonyl (C=O) groups is 5. The number of ether oxygens (including phenoxy) is 5. The molecule has 0 amide bonds. The molecule has 0 unspecified atom stereocenters. The van der Waals surface area contributed by atoms with Crippen LogP contribution in [0, 0.1) is 22.7 Å². The van der Waals surface area contributed by atoms with Gasteiger partial charge in [-0.25, -0.2) is 4.79 Å². The van der Waals surface area contributed by atoms with Crippen LogP contribution in [0.25, 0.3) is 0 Å². The number of hydrogen-bond donors (Lipinski definition) is 2. The van der Waals surface area contributed by atoms with Gasteiger partial charge < -0.3 is 33.9 Å². The highest BCUT2D eigenvalue weighted by Crippen LogP contribution is 2.61. The first-order chi connectivity index (χ1) is 22.8. The van der Waals surface area contributed by atoms with Crippen LogP contribution >= 0.6 is 0 Å². The molecule has 10 atom stereocenters. The summed E-state index contributed by atoms with van der Waals surface area (Å²) >= 11 is 0. The van der Waals surface area contributed by atoms with Crippen LogP contribution in [0.5, 0.6) is 0 Å². The Labute approximate surface area is 286 Å². The van der Waals surface area contributed by atoms with Gasteiger partial charge in [0.05, 0.1) is 5.41 Å². The molecule has 0 aromatic heterocycles. The van der Waals surface area contributed by atoms with Crippen LogP contribution in [-0.4, -0.2) is 76.7 Å². The average Bonchev–Trinajstić information content (AvgIpc) is 3.00. The number of fused-ring (bicyclic) bond motifs is 3. The standard InChI is InChI=1S/C37H48O12/c1-18-26-15-25-16-27(45-20(3)38)19(2)30(36(25,7)8)33(47-22(5)40)34(48-23(6)41)37(26,9)29(46-21(4)39)17-28(18)49-35(44)32(43)31(42)24-13-11-10-12-14-24/h10-14,25-29,31-34,42-43H,1,15-17H2,2-9H3/t25-,26-,27+,28+,29+,31-,32+,33-,34+,37+/m1/s1. The minimum absolute atomic E-state index is 0.127. The van der Waals surface area contributed by atoms with Gasteiger partial charge in [0.25, 0.3) is 0 Å². The van der Waals surface area contributed by atoms with E-state index in [1.54, 1.807) is 44.2 Å². The molecule has 0 aliphatic heterocycles. The molecule has 268 valence electrons. The van der Waals surface area contributed by atoms with Crippen LogP contribution in [0.15, 0.2) is 53.6 Å². The Morgan fingerprint density at radius 3 is 1.90 bits per heavy atom. The normalized spacial score (nSPS) is 31.9. The minimum atomic E-state index is -1.94. The van der Waals surface area contributed by atoms with Crippen molar-refractivity contribution in [2.75, 3.05) is 0 Å². The summed E-state index contributed by atoms with van der Waals surface area (Å²) in [6.07, 6.45) is -8.15.